The molecule has 110 valence electrons. The molecule has 0 aliphatic carbocycles. The Morgan fingerprint density at radius 1 is 0.952 bits per heavy atom. The Morgan fingerprint density at radius 2 is 1.38 bits per heavy atom. The second-order valence-electron chi connectivity index (χ2n) is 5.78. The van der Waals surface area contributed by atoms with Gasteiger partial charge in [-0.05, 0) is 13.8 Å². The van der Waals surface area contributed by atoms with E-state index in [1.54, 1.807) is 0 Å². The van der Waals surface area contributed by atoms with Gasteiger partial charge in [-0.1, -0.05) is 77.6 Å². The zero-order valence-electron chi connectivity index (χ0n) is 12.9. The van der Waals surface area contributed by atoms with Gasteiger partial charge in [0.1, 0.15) is 8.07 Å². The number of carbonyl (C=O) groups excluding carboxylic acids is 1. The summed E-state index contributed by atoms with van der Waals surface area (Å²) in [5, 5.41) is 2.52. The fraction of sp³-hybridized carbons (Fsp3) is 0.278. The normalized spacial score (nSPS) is 11.4. The molecule has 0 radical (unpaired) electrons. The molecule has 2 aromatic carbocycles. The Bertz CT molecular complexity index is 539. The van der Waals surface area contributed by atoms with Crippen molar-refractivity contribution in [1.82, 2.24) is 0 Å². The number of ether oxygens (including phenoxy) is 1. The van der Waals surface area contributed by atoms with Crippen LogP contribution < -0.4 is 10.4 Å². The minimum absolute atomic E-state index is 0.0673. The van der Waals surface area contributed by atoms with E-state index < -0.39 is 8.07 Å². The number of esters is 1. The molecule has 0 bridgehead atoms. The Balaban J connectivity index is 2.38. The molecule has 0 atom stereocenters. The van der Waals surface area contributed by atoms with Crippen LogP contribution in [-0.4, -0.2) is 20.1 Å². The van der Waals surface area contributed by atoms with Crippen molar-refractivity contribution in [2.24, 2.45) is 0 Å². The van der Waals surface area contributed by atoms with Gasteiger partial charge in [-0.3, -0.25) is 4.79 Å². The Morgan fingerprint density at radius 3 is 1.76 bits per heavy atom. The maximum atomic E-state index is 12.2. The average Bonchev–Trinajstić information content (AvgIpc) is 2.48. The summed E-state index contributed by atoms with van der Waals surface area (Å²) in [6, 6.07) is 21.2. The first-order valence-electron chi connectivity index (χ1n) is 7.33. The first-order valence-corrected chi connectivity index (χ1v) is 10.0. The van der Waals surface area contributed by atoms with Crippen LogP contribution in [-0.2, 0) is 9.53 Å². The lowest BCUT2D eigenvalue weighted by Gasteiger charge is -2.28. The Kier molecular flexibility index (Phi) is 4.97. The highest BCUT2D eigenvalue weighted by Gasteiger charge is 2.35. The van der Waals surface area contributed by atoms with Crippen LogP contribution in [0.1, 0.15) is 13.8 Å². The van der Waals surface area contributed by atoms with Crippen LogP contribution in [0.25, 0.3) is 0 Å². The molecule has 3 heteroatoms. The number of hydrogen-bond donors (Lipinski definition) is 0. The topological polar surface area (TPSA) is 26.3 Å². The lowest BCUT2D eigenvalue weighted by atomic mass is 10.4. The molecule has 0 aromatic heterocycles. The third-order valence-corrected chi connectivity index (χ3v) is 7.90. The summed E-state index contributed by atoms with van der Waals surface area (Å²) in [5.74, 6) is -0.105. The summed E-state index contributed by atoms with van der Waals surface area (Å²) in [4.78, 5) is 12.2. The highest BCUT2D eigenvalue weighted by atomic mass is 28.3. The van der Waals surface area contributed by atoms with Crippen molar-refractivity contribution in [3.05, 3.63) is 60.7 Å². The van der Waals surface area contributed by atoms with Gasteiger partial charge in [-0.25, -0.2) is 0 Å². The van der Waals surface area contributed by atoms with E-state index in [9.17, 15) is 4.79 Å². The van der Waals surface area contributed by atoms with Crippen molar-refractivity contribution < 1.29 is 9.53 Å². The lowest BCUT2D eigenvalue weighted by Crippen LogP contribution is -2.57. The molecule has 2 aromatic rings. The third-order valence-electron chi connectivity index (χ3n) is 3.69. The van der Waals surface area contributed by atoms with Gasteiger partial charge in [-0.15, -0.1) is 0 Å². The van der Waals surface area contributed by atoms with Gasteiger partial charge in [-0.2, -0.15) is 0 Å². The molecule has 0 amide bonds. The first-order chi connectivity index (χ1) is 10.0. The fourth-order valence-electron chi connectivity index (χ4n) is 2.58. The van der Waals surface area contributed by atoms with Crippen LogP contribution in [0.3, 0.4) is 0 Å². The fourth-order valence-corrected chi connectivity index (χ4v) is 5.83. The van der Waals surface area contributed by atoms with E-state index in [1.165, 1.54) is 10.4 Å². The quantitative estimate of drug-likeness (QED) is 0.627. The van der Waals surface area contributed by atoms with E-state index in [4.69, 9.17) is 4.74 Å². The summed E-state index contributed by atoms with van der Waals surface area (Å²) >= 11 is 0. The third kappa shape index (κ3) is 3.82. The number of benzene rings is 2. The highest BCUT2D eigenvalue weighted by Crippen LogP contribution is 2.13. The van der Waals surface area contributed by atoms with E-state index in [0.717, 1.165) is 0 Å². The van der Waals surface area contributed by atoms with Crippen LogP contribution in [0, 0.1) is 0 Å². The van der Waals surface area contributed by atoms with Gasteiger partial charge in [0.2, 0.25) is 0 Å². The minimum atomic E-state index is -2.11. The molecule has 0 aliphatic rings. The zero-order valence-corrected chi connectivity index (χ0v) is 13.9. The van der Waals surface area contributed by atoms with E-state index in [2.05, 4.69) is 30.8 Å². The second-order valence-corrected chi connectivity index (χ2v) is 9.95. The molecule has 0 fully saturated rings. The predicted octanol–water partition coefficient (Wildman–Crippen LogP) is 2.83. The van der Waals surface area contributed by atoms with Crippen molar-refractivity contribution >= 4 is 24.4 Å². The summed E-state index contributed by atoms with van der Waals surface area (Å²) < 4.78 is 5.38. The maximum absolute atomic E-state index is 12.2. The standard InChI is InChI=1S/C18H22O2Si/c1-15(2)20-18(19)14-21(3,16-10-6-4-7-11-16)17-12-8-5-9-13-17/h4-13,15H,14H2,1-3H3. The van der Waals surface area contributed by atoms with Crippen LogP contribution >= 0.6 is 0 Å². The molecule has 0 heterocycles. The van der Waals surface area contributed by atoms with Gasteiger partial charge in [0, 0.05) is 6.04 Å². The molecule has 0 N–H and O–H groups in total. The molecule has 0 unspecified atom stereocenters. The first kappa shape index (κ1) is 15.5. The molecular weight excluding hydrogens is 276 g/mol. The molecule has 2 rings (SSSR count). The Hall–Kier alpha value is -1.87. The molecule has 0 aliphatic heterocycles. The van der Waals surface area contributed by atoms with E-state index in [0.29, 0.717) is 6.04 Å². The SMILES string of the molecule is CC(C)OC(=O)C[Si](C)(c1ccccc1)c1ccccc1. The van der Waals surface area contributed by atoms with Gasteiger partial charge < -0.3 is 4.74 Å². The van der Waals surface area contributed by atoms with Crippen molar-refractivity contribution in [2.45, 2.75) is 32.5 Å². The number of carbonyl (C=O) groups is 1. The van der Waals surface area contributed by atoms with Crippen LogP contribution in [0.15, 0.2) is 60.7 Å². The number of rotatable bonds is 5. The van der Waals surface area contributed by atoms with Gasteiger partial charge in [0.15, 0.2) is 0 Å². The van der Waals surface area contributed by atoms with Crippen LogP contribution in [0.4, 0.5) is 0 Å². The molecule has 0 saturated carbocycles. The zero-order chi connectivity index (χ0) is 15.3. The largest absolute Gasteiger partial charge is 0.463 e. The van der Waals surface area contributed by atoms with Crippen molar-refractivity contribution in [3.8, 4) is 0 Å². The molecule has 0 saturated heterocycles. The highest BCUT2D eigenvalue weighted by molar-refractivity contribution is 7.02. The summed E-state index contributed by atoms with van der Waals surface area (Å²) in [7, 11) is -2.11. The molecule has 0 spiro atoms. The van der Waals surface area contributed by atoms with Crippen molar-refractivity contribution in [3.63, 3.8) is 0 Å². The van der Waals surface area contributed by atoms with E-state index in [1.807, 2.05) is 50.2 Å². The van der Waals surface area contributed by atoms with E-state index in [-0.39, 0.29) is 12.1 Å². The number of hydrogen-bond acceptors (Lipinski definition) is 2. The molecule has 2 nitrogen and oxygen atoms in total. The maximum Gasteiger partial charge on any atom is 0.303 e. The van der Waals surface area contributed by atoms with Crippen molar-refractivity contribution in [1.29, 1.82) is 0 Å². The predicted molar refractivity (Wildman–Crippen MR) is 89.8 cm³/mol. The lowest BCUT2D eigenvalue weighted by molar-refractivity contribution is -0.144. The van der Waals surface area contributed by atoms with Gasteiger partial charge in [0.05, 0.1) is 6.10 Å². The van der Waals surface area contributed by atoms with E-state index >= 15 is 0 Å². The second kappa shape index (κ2) is 6.72. The van der Waals surface area contributed by atoms with Gasteiger partial charge >= 0.3 is 5.97 Å². The summed E-state index contributed by atoms with van der Waals surface area (Å²) in [6.07, 6.45) is -0.0673. The molecular formula is C18H22O2Si. The van der Waals surface area contributed by atoms with Crippen LogP contribution in [0.2, 0.25) is 12.6 Å². The van der Waals surface area contributed by atoms with Gasteiger partial charge in [0.25, 0.3) is 0 Å². The van der Waals surface area contributed by atoms with Crippen LogP contribution in [0.5, 0.6) is 0 Å². The summed E-state index contributed by atoms with van der Waals surface area (Å²) in [5.41, 5.74) is 0. The minimum Gasteiger partial charge on any atom is -0.463 e. The Labute approximate surface area is 127 Å². The smallest absolute Gasteiger partial charge is 0.303 e. The summed E-state index contributed by atoms with van der Waals surface area (Å²) in [6.45, 7) is 6.02. The monoisotopic (exact) mass is 298 g/mol. The molecule has 21 heavy (non-hydrogen) atoms. The average molecular weight is 298 g/mol. The van der Waals surface area contributed by atoms with Crippen molar-refractivity contribution in [2.75, 3.05) is 0 Å².